The van der Waals surface area contributed by atoms with Crippen molar-refractivity contribution in [1.82, 2.24) is 10.2 Å². The Morgan fingerprint density at radius 3 is 2.65 bits per heavy atom. The van der Waals surface area contributed by atoms with E-state index in [1.807, 2.05) is 0 Å². The summed E-state index contributed by atoms with van der Waals surface area (Å²) in [5, 5.41) is 3.73. The van der Waals surface area contributed by atoms with Gasteiger partial charge in [0.1, 0.15) is 0 Å². The minimum Gasteiger partial charge on any atom is -0.312 e. The number of nitrogens with one attached hydrogen (secondary N) is 1. The van der Waals surface area contributed by atoms with E-state index in [2.05, 4.69) is 31.0 Å². The first kappa shape index (κ1) is 13.4. The van der Waals surface area contributed by atoms with Gasteiger partial charge in [-0.15, -0.1) is 0 Å². The highest BCUT2D eigenvalue weighted by Gasteiger charge is 2.30. The van der Waals surface area contributed by atoms with Crippen molar-refractivity contribution in [1.29, 1.82) is 0 Å². The summed E-state index contributed by atoms with van der Waals surface area (Å²) >= 11 is 0. The maximum atomic E-state index is 3.73. The highest BCUT2D eigenvalue weighted by molar-refractivity contribution is 4.88. The van der Waals surface area contributed by atoms with Gasteiger partial charge in [-0.3, -0.25) is 4.90 Å². The Bertz CT molecular complexity index is 225. The summed E-state index contributed by atoms with van der Waals surface area (Å²) in [7, 11) is 0. The number of piperidine rings is 1. The Kier molecular flexibility index (Phi) is 4.87. The van der Waals surface area contributed by atoms with E-state index in [0.717, 1.165) is 24.0 Å². The van der Waals surface area contributed by atoms with Crippen LogP contribution in [-0.2, 0) is 0 Å². The van der Waals surface area contributed by atoms with Crippen molar-refractivity contribution in [3.05, 3.63) is 0 Å². The molecule has 0 aromatic rings. The summed E-state index contributed by atoms with van der Waals surface area (Å²) in [6.45, 7) is 9.72. The zero-order valence-corrected chi connectivity index (χ0v) is 11.9. The molecule has 2 fully saturated rings. The van der Waals surface area contributed by atoms with Gasteiger partial charge in [-0.25, -0.2) is 0 Å². The fourth-order valence-electron chi connectivity index (χ4n) is 3.19. The molecule has 3 atom stereocenters. The standard InChI is InChI=1S/C15H30N2/c1-4-6-15(11-16-14-8-9-14)17-10-5-7-12(2)13(17)3/h12-16H,4-11H2,1-3H3. The summed E-state index contributed by atoms with van der Waals surface area (Å²) in [5.74, 6) is 0.879. The van der Waals surface area contributed by atoms with Gasteiger partial charge < -0.3 is 5.32 Å². The van der Waals surface area contributed by atoms with E-state index in [-0.39, 0.29) is 0 Å². The molecule has 0 radical (unpaired) electrons. The molecule has 0 bridgehead atoms. The van der Waals surface area contributed by atoms with Crippen LogP contribution in [0.3, 0.4) is 0 Å². The van der Waals surface area contributed by atoms with Crippen molar-refractivity contribution < 1.29 is 0 Å². The zero-order valence-electron chi connectivity index (χ0n) is 11.9. The van der Waals surface area contributed by atoms with Crippen molar-refractivity contribution in [3.63, 3.8) is 0 Å². The first-order valence-corrected chi connectivity index (χ1v) is 7.71. The van der Waals surface area contributed by atoms with Gasteiger partial charge in [0.05, 0.1) is 0 Å². The molecule has 0 spiro atoms. The lowest BCUT2D eigenvalue weighted by Gasteiger charge is -2.43. The molecule has 1 saturated carbocycles. The van der Waals surface area contributed by atoms with Crippen LogP contribution in [0.4, 0.5) is 0 Å². The second-order valence-electron chi connectivity index (χ2n) is 6.22. The van der Waals surface area contributed by atoms with Crippen LogP contribution < -0.4 is 5.32 Å². The fraction of sp³-hybridized carbons (Fsp3) is 1.00. The molecule has 1 aliphatic heterocycles. The average Bonchev–Trinajstić information content (AvgIpc) is 3.12. The Balaban J connectivity index is 1.87. The number of hydrogen-bond acceptors (Lipinski definition) is 2. The Morgan fingerprint density at radius 2 is 2.00 bits per heavy atom. The molecule has 2 aliphatic rings. The fourth-order valence-corrected chi connectivity index (χ4v) is 3.19. The van der Waals surface area contributed by atoms with Crippen molar-refractivity contribution in [3.8, 4) is 0 Å². The van der Waals surface area contributed by atoms with E-state index >= 15 is 0 Å². The first-order valence-electron chi connectivity index (χ1n) is 7.71. The molecule has 2 rings (SSSR count). The molecule has 0 amide bonds. The Morgan fingerprint density at radius 1 is 1.24 bits per heavy atom. The number of likely N-dealkylation sites (tertiary alicyclic amines) is 1. The summed E-state index contributed by atoms with van der Waals surface area (Å²) in [4.78, 5) is 2.78. The topological polar surface area (TPSA) is 15.3 Å². The zero-order chi connectivity index (χ0) is 12.3. The van der Waals surface area contributed by atoms with E-state index in [1.165, 1.54) is 51.6 Å². The maximum Gasteiger partial charge on any atom is 0.0223 e. The molecule has 3 unspecified atom stereocenters. The van der Waals surface area contributed by atoms with Crippen LogP contribution in [0.25, 0.3) is 0 Å². The van der Waals surface area contributed by atoms with Crippen LogP contribution in [-0.4, -0.2) is 36.1 Å². The molecule has 1 saturated heterocycles. The van der Waals surface area contributed by atoms with Gasteiger partial charge in [0.15, 0.2) is 0 Å². The van der Waals surface area contributed by atoms with Gasteiger partial charge in [0.2, 0.25) is 0 Å². The molecular formula is C15H30N2. The second kappa shape index (κ2) is 6.19. The van der Waals surface area contributed by atoms with Crippen molar-refractivity contribution in [2.45, 2.75) is 77.4 Å². The highest BCUT2D eigenvalue weighted by Crippen LogP contribution is 2.26. The molecule has 0 aromatic heterocycles. The van der Waals surface area contributed by atoms with Gasteiger partial charge >= 0.3 is 0 Å². The highest BCUT2D eigenvalue weighted by atomic mass is 15.2. The monoisotopic (exact) mass is 238 g/mol. The van der Waals surface area contributed by atoms with E-state index in [9.17, 15) is 0 Å². The lowest BCUT2D eigenvalue weighted by Crippen LogP contribution is -2.51. The van der Waals surface area contributed by atoms with Crippen molar-refractivity contribution in [2.75, 3.05) is 13.1 Å². The van der Waals surface area contributed by atoms with Gasteiger partial charge in [-0.1, -0.05) is 20.3 Å². The van der Waals surface area contributed by atoms with Crippen LogP contribution in [0.2, 0.25) is 0 Å². The largest absolute Gasteiger partial charge is 0.312 e. The smallest absolute Gasteiger partial charge is 0.0223 e. The first-order chi connectivity index (χ1) is 8.22. The normalized spacial score (nSPS) is 32.6. The molecule has 1 N–H and O–H groups in total. The van der Waals surface area contributed by atoms with Gasteiger partial charge in [-0.05, 0) is 51.5 Å². The lowest BCUT2D eigenvalue weighted by molar-refractivity contribution is 0.0630. The number of rotatable bonds is 6. The third kappa shape index (κ3) is 3.69. The van der Waals surface area contributed by atoms with Crippen LogP contribution in [0.1, 0.15) is 59.3 Å². The maximum absolute atomic E-state index is 3.73. The SMILES string of the molecule is CCCC(CNC1CC1)N1CCCC(C)C1C. The van der Waals surface area contributed by atoms with Crippen LogP contribution >= 0.6 is 0 Å². The van der Waals surface area contributed by atoms with Crippen LogP contribution in [0.15, 0.2) is 0 Å². The third-order valence-electron chi connectivity index (χ3n) is 4.73. The van der Waals surface area contributed by atoms with Gasteiger partial charge in [-0.2, -0.15) is 0 Å². The third-order valence-corrected chi connectivity index (χ3v) is 4.73. The van der Waals surface area contributed by atoms with Crippen molar-refractivity contribution >= 4 is 0 Å². The Labute approximate surface area is 107 Å². The van der Waals surface area contributed by atoms with Crippen LogP contribution in [0.5, 0.6) is 0 Å². The molecule has 1 heterocycles. The summed E-state index contributed by atoms with van der Waals surface area (Å²) in [6, 6.07) is 2.41. The lowest BCUT2D eigenvalue weighted by atomic mass is 9.90. The minimum atomic E-state index is 0.776. The quantitative estimate of drug-likeness (QED) is 0.765. The number of hydrogen-bond donors (Lipinski definition) is 1. The average molecular weight is 238 g/mol. The molecule has 17 heavy (non-hydrogen) atoms. The van der Waals surface area contributed by atoms with E-state index in [0.29, 0.717) is 0 Å². The molecule has 100 valence electrons. The van der Waals surface area contributed by atoms with E-state index < -0.39 is 0 Å². The van der Waals surface area contributed by atoms with E-state index in [4.69, 9.17) is 0 Å². The molecular weight excluding hydrogens is 208 g/mol. The summed E-state index contributed by atoms with van der Waals surface area (Å²) in [6.07, 6.45) is 8.31. The summed E-state index contributed by atoms with van der Waals surface area (Å²) < 4.78 is 0. The molecule has 0 aromatic carbocycles. The summed E-state index contributed by atoms with van der Waals surface area (Å²) in [5.41, 5.74) is 0. The van der Waals surface area contributed by atoms with E-state index in [1.54, 1.807) is 0 Å². The number of nitrogens with zero attached hydrogens (tertiary/aromatic N) is 1. The molecule has 1 aliphatic carbocycles. The Hall–Kier alpha value is -0.0800. The molecule has 2 heteroatoms. The van der Waals surface area contributed by atoms with Gasteiger partial charge in [0, 0.05) is 24.7 Å². The minimum absolute atomic E-state index is 0.776. The predicted molar refractivity (Wildman–Crippen MR) is 74.3 cm³/mol. The van der Waals surface area contributed by atoms with Crippen LogP contribution in [0, 0.1) is 5.92 Å². The molecule has 2 nitrogen and oxygen atoms in total. The van der Waals surface area contributed by atoms with Gasteiger partial charge in [0.25, 0.3) is 0 Å². The second-order valence-corrected chi connectivity index (χ2v) is 6.22. The predicted octanol–water partition coefficient (Wildman–Crippen LogP) is 3.03. The van der Waals surface area contributed by atoms with Crippen molar-refractivity contribution in [2.24, 2.45) is 5.92 Å².